The Morgan fingerprint density at radius 3 is 1.83 bits per heavy atom. The molecule has 0 radical (unpaired) electrons. The van der Waals surface area contributed by atoms with Crippen molar-refractivity contribution in [3.63, 3.8) is 0 Å². The van der Waals surface area contributed by atoms with Crippen molar-refractivity contribution in [1.29, 1.82) is 5.26 Å². The molecule has 0 atom stereocenters. The predicted molar refractivity (Wildman–Crippen MR) is 212 cm³/mol. The number of rotatable bonds is 5. The highest BCUT2D eigenvalue weighted by Gasteiger charge is 2.21. The zero-order valence-corrected chi connectivity index (χ0v) is 28.0. The molecular weight excluding hydrogens is 635 g/mol. The van der Waals surface area contributed by atoms with Crippen LogP contribution >= 0.6 is 0 Å². The summed E-state index contributed by atoms with van der Waals surface area (Å²) in [7, 11) is 0. The first kappa shape index (κ1) is 29.6. The number of hydrogen-bond donors (Lipinski definition) is 0. The minimum Gasteiger partial charge on any atom is -0.309 e. The lowest BCUT2D eigenvalue weighted by Gasteiger charge is -2.12. The third-order valence-electron chi connectivity index (χ3n) is 10.0. The molecule has 0 fully saturated rings. The zero-order chi connectivity index (χ0) is 34.6. The number of nitrogens with zero attached hydrogens (tertiary/aromatic N) is 5. The van der Waals surface area contributed by atoms with E-state index in [1.807, 2.05) is 42.6 Å². The Balaban J connectivity index is 1.18. The van der Waals surface area contributed by atoms with Gasteiger partial charge in [0.05, 0.1) is 39.6 Å². The van der Waals surface area contributed by atoms with Gasteiger partial charge in [-0.25, -0.2) is 9.97 Å². The third-order valence-corrected chi connectivity index (χ3v) is 10.0. The van der Waals surface area contributed by atoms with Crippen LogP contribution < -0.4 is 0 Å². The molecule has 0 saturated carbocycles. The molecule has 4 aromatic heterocycles. The Bertz CT molecular complexity index is 2990. The monoisotopic (exact) mass is 663 g/mol. The van der Waals surface area contributed by atoms with Crippen LogP contribution in [0.25, 0.3) is 88.8 Å². The average Bonchev–Trinajstić information content (AvgIpc) is 3.74. The molecule has 52 heavy (non-hydrogen) atoms. The van der Waals surface area contributed by atoms with Crippen LogP contribution in [-0.4, -0.2) is 19.1 Å². The van der Waals surface area contributed by atoms with E-state index < -0.39 is 0 Å². The van der Waals surface area contributed by atoms with E-state index in [0.29, 0.717) is 5.56 Å². The molecule has 5 nitrogen and oxygen atoms in total. The summed E-state index contributed by atoms with van der Waals surface area (Å²) in [6.07, 6.45) is 1.88. The molecule has 0 N–H and O–H groups in total. The number of benzene rings is 6. The van der Waals surface area contributed by atoms with Crippen molar-refractivity contribution < 1.29 is 0 Å². The van der Waals surface area contributed by atoms with Crippen LogP contribution in [-0.2, 0) is 0 Å². The second-order valence-corrected chi connectivity index (χ2v) is 13.0. The molecule has 0 saturated heterocycles. The molecule has 10 rings (SSSR count). The van der Waals surface area contributed by atoms with Crippen LogP contribution in [0.15, 0.2) is 176 Å². The maximum absolute atomic E-state index is 9.37. The van der Waals surface area contributed by atoms with E-state index >= 15 is 0 Å². The molecule has 5 heteroatoms. The van der Waals surface area contributed by atoms with Crippen LogP contribution in [0.2, 0.25) is 0 Å². The molecule has 6 aromatic carbocycles. The molecule has 0 aliphatic heterocycles. The fourth-order valence-corrected chi connectivity index (χ4v) is 7.61. The number of fused-ring (bicyclic) bond motifs is 7. The topological polar surface area (TPSA) is 59.4 Å². The summed E-state index contributed by atoms with van der Waals surface area (Å²) in [6, 6.07) is 61.1. The summed E-state index contributed by atoms with van der Waals surface area (Å²) >= 11 is 0. The van der Waals surface area contributed by atoms with Crippen molar-refractivity contribution in [2.45, 2.75) is 0 Å². The number of hydrogen-bond acceptors (Lipinski definition) is 3. The van der Waals surface area contributed by atoms with Crippen molar-refractivity contribution in [1.82, 2.24) is 19.1 Å². The summed E-state index contributed by atoms with van der Waals surface area (Å²) in [4.78, 5) is 10.1. The average molecular weight is 664 g/mol. The number of aromatic nitrogens is 4. The van der Waals surface area contributed by atoms with Crippen LogP contribution in [0.3, 0.4) is 0 Å². The van der Waals surface area contributed by atoms with Gasteiger partial charge < -0.3 is 4.57 Å². The fourth-order valence-electron chi connectivity index (χ4n) is 7.61. The second-order valence-electron chi connectivity index (χ2n) is 13.0. The minimum absolute atomic E-state index is 0.625. The predicted octanol–water partition coefficient (Wildman–Crippen LogP) is 11.5. The summed E-state index contributed by atoms with van der Waals surface area (Å²) in [6.45, 7) is 0. The third kappa shape index (κ3) is 4.70. The Hall–Kier alpha value is -7.29. The van der Waals surface area contributed by atoms with Gasteiger partial charge in [0.15, 0.2) is 0 Å². The summed E-state index contributed by atoms with van der Waals surface area (Å²) in [5, 5.41) is 14.0. The smallest absolute Gasteiger partial charge is 0.145 e. The van der Waals surface area contributed by atoms with Crippen LogP contribution in [0.5, 0.6) is 0 Å². The van der Waals surface area contributed by atoms with E-state index in [4.69, 9.17) is 9.97 Å². The van der Waals surface area contributed by atoms with E-state index in [1.54, 1.807) is 0 Å². The summed E-state index contributed by atoms with van der Waals surface area (Å²) < 4.78 is 4.67. The number of pyridine rings is 2. The van der Waals surface area contributed by atoms with Crippen molar-refractivity contribution in [2.75, 3.05) is 0 Å². The minimum atomic E-state index is 0.625. The maximum Gasteiger partial charge on any atom is 0.145 e. The van der Waals surface area contributed by atoms with Gasteiger partial charge in [-0.05, 0) is 83.9 Å². The van der Waals surface area contributed by atoms with E-state index in [-0.39, 0.29) is 0 Å². The quantitative estimate of drug-likeness (QED) is 0.184. The Morgan fingerprint density at radius 2 is 1.10 bits per heavy atom. The molecule has 4 heterocycles. The summed E-state index contributed by atoms with van der Waals surface area (Å²) in [5.41, 5.74) is 13.1. The standard InChI is InChI=1S/C47H29N5/c48-30-31-17-19-33(20-18-31)41-28-35(32-10-3-1-4-11-32)29-42(50-41)34-21-23-37(24-22-34)52-46-38(39-15-9-27-49-47(39)52)25-26-44-45(46)40-14-7-8-16-43(40)51(44)36-12-5-2-6-13-36/h1-29H. The molecule has 0 aliphatic rings. The maximum atomic E-state index is 9.37. The lowest BCUT2D eigenvalue weighted by atomic mass is 9.99. The van der Waals surface area contributed by atoms with Crippen molar-refractivity contribution in [3.05, 3.63) is 182 Å². The van der Waals surface area contributed by atoms with E-state index in [2.05, 4.69) is 149 Å². The normalized spacial score (nSPS) is 11.4. The molecule has 0 spiro atoms. The van der Waals surface area contributed by atoms with Crippen LogP contribution in [0.1, 0.15) is 5.56 Å². The first-order valence-electron chi connectivity index (χ1n) is 17.3. The van der Waals surface area contributed by atoms with Crippen LogP contribution in [0.4, 0.5) is 0 Å². The van der Waals surface area contributed by atoms with Gasteiger partial charge in [0.1, 0.15) is 5.65 Å². The molecule has 0 unspecified atom stereocenters. The SMILES string of the molecule is N#Cc1ccc(-c2cc(-c3ccccc3)cc(-c3ccc(-n4c5ncccc5c5ccc6c(c7ccccc7n6-c6ccccc6)c54)cc3)n2)cc1. The first-order chi connectivity index (χ1) is 25.7. The number of para-hydroxylation sites is 2. The molecule has 0 bridgehead atoms. The molecule has 0 aliphatic carbocycles. The summed E-state index contributed by atoms with van der Waals surface area (Å²) in [5.74, 6) is 0. The van der Waals surface area contributed by atoms with Gasteiger partial charge in [-0.15, -0.1) is 0 Å². The highest BCUT2D eigenvalue weighted by Crippen LogP contribution is 2.41. The zero-order valence-electron chi connectivity index (χ0n) is 28.0. The highest BCUT2D eigenvalue weighted by molar-refractivity contribution is 6.25. The van der Waals surface area contributed by atoms with Crippen LogP contribution in [0, 0.1) is 11.3 Å². The lowest BCUT2D eigenvalue weighted by molar-refractivity contribution is 1.14. The fraction of sp³-hybridized carbons (Fsp3) is 0. The van der Waals surface area contributed by atoms with E-state index in [1.165, 1.54) is 21.7 Å². The van der Waals surface area contributed by atoms with Gasteiger partial charge in [0.2, 0.25) is 0 Å². The van der Waals surface area contributed by atoms with E-state index in [0.717, 1.165) is 67.1 Å². The molecule has 242 valence electrons. The first-order valence-corrected chi connectivity index (χ1v) is 17.3. The second kappa shape index (κ2) is 11.9. The van der Waals surface area contributed by atoms with Gasteiger partial charge >= 0.3 is 0 Å². The number of nitriles is 1. The van der Waals surface area contributed by atoms with Gasteiger partial charge in [0, 0.05) is 50.2 Å². The van der Waals surface area contributed by atoms with Gasteiger partial charge in [0.25, 0.3) is 0 Å². The highest BCUT2D eigenvalue weighted by atomic mass is 15.1. The lowest BCUT2D eigenvalue weighted by Crippen LogP contribution is -1.97. The van der Waals surface area contributed by atoms with Gasteiger partial charge in [-0.1, -0.05) is 97.1 Å². The molecule has 0 amide bonds. The van der Waals surface area contributed by atoms with Crippen molar-refractivity contribution in [2.24, 2.45) is 0 Å². The van der Waals surface area contributed by atoms with E-state index in [9.17, 15) is 5.26 Å². The van der Waals surface area contributed by atoms with Crippen molar-refractivity contribution >= 4 is 43.7 Å². The molecule has 10 aromatic rings. The van der Waals surface area contributed by atoms with Crippen molar-refractivity contribution in [3.8, 4) is 51.1 Å². The van der Waals surface area contributed by atoms with Gasteiger partial charge in [-0.2, -0.15) is 5.26 Å². The molecular formula is C47H29N5. The largest absolute Gasteiger partial charge is 0.309 e. The Kier molecular flexibility index (Phi) is 6.80. The Labute approximate surface area is 299 Å². The van der Waals surface area contributed by atoms with Gasteiger partial charge in [-0.3, -0.25) is 4.57 Å². The Morgan fingerprint density at radius 1 is 0.462 bits per heavy atom.